The molecule has 0 aliphatic heterocycles. The molecule has 0 bridgehead atoms. The van der Waals surface area contributed by atoms with E-state index in [1.807, 2.05) is 48.5 Å². The first-order valence-electron chi connectivity index (χ1n) is 6.50. The average Bonchev–Trinajstić information content (AvgIpc) is 2.48. The monoisotopic (exact) mass is 268 g/mol. The third kappa shape index (κ3) is 3.12. The molecular weight excluding hydrogens is 252 g/mol. The van der Waals surface area contributed by atoms with Gasteiger partial charge in [-0.1, -0.05) is 60.7 Å². The van der Waals surface area contributed by atoms with Crippen LogP contribution >= 0.6 is 0 Å². The molecule has 0 aliphatic rings. The van der Waals surface area contributed by atoms with Crippen molar-refractivity contribution < 1.29 is 14.7 Å². The van der Waals surface area contributed by atoms with Gasteiger partial charge < -0.3 is 9.90 Å². The van der Waals surface area contributed by atoms with Crippen LogP contribution in [0.25, 0.3) is 0 Å². The minimum absolute atomic E-state index is 0.190. The van der Waals surface area contributed by atoms with Gasteiger partial charge in [-0.2, -0.15) is 0 Å². The van der Waals surface area contributed by atoms with E-state index in [0.717, 1.165) is 17.4 Å². The molecule has 0 fully saturated rings. The number of carbonyl (C=O) groups excluding carboxylic acids is 1. The van der Waals surface area contributed by atoms with Crippen LogP contribution < -0.4 is 0 Å². The summed E-state index contributed by atoms with van der Waals surface area (Å²) in [5, 5.41) is 9.57. The minimum Gasteiger partial charge on any atom is -0.481 e. The second-order valence-corrected chi connectivity index (χ2v) is 4.65. The van der Waals surface area contributed by atoms with Gasteiger partial charge in [0.1, 0.15) is 6.29 Å². The molecule has 102 valence electrons. The summed E-state index contributed by atoms with van der Waals surface area (Å²) in [6, 6.07) is 18.4. The largest absolute Gasteiger partial charge is 0.481 e. The highest BCUT2D eigenvalue weighted by Crippen LogP contribution is 2.35. The van der Waals surface area contributed by atoms with E-state index >= 15 is 0 Å². The number of carbonyl (C=O) groups is 2. The first-order chi connectivity index (χ1) is 9.74. The van der Waals surface area contributed by atoms with E-state index < -0.39 is 11.9 Å². The zero-order chi connectivity index (χ0) is 14.4. The van der Waals surface area contributed by atoms with Gasteiger partial charge in [0.05, 0.1) is 5.92 Å². The summed E-state index contributed by atoms with van der Waals surface area (Å²) in [4.78, 5) is 22.6. The number of hydrogen-bond acceptors (Lipinski definition) is 2. The fourth-order valence-corrected chi connectivity index (χ4v) is 2.48. The van der Waals surface area contributed by atoms with E-state index in [4.69, 9.17) is 0 Å². The van der Waals surface area contributed by atoms with Gasteiger partial charge in [-0.05, 0) is 11.1 Å². The predicted molar refractivity (Wildman–Crippen MR) is 76.7 cm³/mol. The van der Waals surface area contributed by atoms with Crippen LogP contribution in [0.4, 0.5) is 0 Å². The second-order valence-electron chi connectivity index (χ2n) is 4.65. The first-order valence-corrected chi connectivity index (χ1v) is 6.50. The van der Waals surface area contributed by atoms with E-state index in [-0.39, 0.29) is 12.3 Å². The number of benzene rings is 2. The molecule has 2 aromatic carbocycles. The lowest BCUT2D eigenvalue weighted by molar-refractivity contribution is -0.139. The van der Waals surface area contributed by atoms with Gasteiger partial charge in [0.25, 0.3) is 0 Å². The third-order valence-electron chi connectivity index (χ3n) is 3.40. The SMILES string of the molecule is O=CC[C@H](c1ccccc1)[C@H](C(=O)O)c1ccccc1. The molecule has 0 amide bonds. The van der Waals surface area contributed by atoms with Gasteiger partial charge in [0.2, 0.25) is 0 Å². The Morgan fingerprint density at radius 3 is 1.90 bits per heavy atom. The van der Waals surface area contributed by atoms with Crippen molar-refractivity contribution in [3.05, 3.63) is 71.8 Å². The van der Waals surface area contributed by atoms with Crippen LogP contribution in [0.5, 0.6) is 0 Å². The summed E-state index contributed by atoms with van der Waals surface area (Å²) in [6.45, 7) is 0. The van der Waals surface area contributed by atoms with E-state index in [1.165, 1.54) is 0 Å². The molecule has 0 radical (unpaired) electrons. The van der Waals surface area contributed by atoms with E-state index in [2.05, 4.69) is 0 Å². The van der Waals surface area contributed by atoms with Gasteiger partial charge in [0, 0.05) is 12.3 Å². The fraction of sp³-hybridized carbons (Fsp3) is 0.176. The van der Waals surface area contributed by atoms with Gasteiger partial charge in [-0.3, -0.25) is 4.79 Å². The quantitative estimate of drug-likeness (QED) is 0.818. The Balaban J connectivity index is 2.44. The van der Waals surface area contributed by atoms with E-state index in [0.29, 0.717) is 0 Å². The molecule has 2 aromatic rings. The van der Waals surface area contributed by atoms with Crippen molar-refractivity contribution in [3.63, 3.8) is 0 Å². The zero-order valence-corrected chi connectivity index (χ0v) is 11.0. The summed E-state index contributed by atoms with van der Waals surface area (Å²) in [5.74, 6) is -1.98. The zero-order valence-electron chi connectivity index (χ0n) is 11.0. The molecule has 3 heteroatoms. The number of hydrogen-bond donors (Lipinski definition) is 1. The summed E-state index contributed by atoms with van der Waals surface area (Å²) in [5.41, 5.74) is 1.59. The average molecular weight is 268 g/mol. The predicted octanol–water partition coefficient (Wildman–Crippen LogP) is 3.23. The van der Waals surface area contributed by atoms with Crippen molar-refractivity contribution in [1.82, 2.24) is 0 Å². The second kappa shape index (κ2) is 6.66. The van der Waals surface area contributed by atoms with Crippen molar-refractivity contribution >= 4 is 12.3 Å². The number of carboxylic acids is 1. The highest BCUT2D eigenvalue weighted by molar-refractivity contribution is 5.78. The lowest BCUT2D eigenvalue weighted by atomic mass is 9.80. The van der Waals surface area contributed by atoms with E-state index in [1.54, 1.807) is 12.1 Å². The summed E-state index contributed by atoms with van der Waals surface area (Å²) in [7, 11) is 0. The summed E-state index contributed by atoms with van der Waals surface area (Å²) >= 11 is 0. The lowest BCUT2D eigenvalue weighted by Gasteiger charge is -2.23. The molecule has 0 aromatic heterocycles. The Hall–Kier alpha value is -2.42. The van der Waals surface area contributed by atoms with Crippen LogP contribution in [0.3, 0.4) is 0 Å². The molecule has 2 atom stereocenters. The molecule has 20 heavy (non-hydrogen) atoms. The molecule has 0 heterocycles. The Morgan fingerprint density at radius 2 is 1.45 bits per heavy atom. The number of carboxylic acid groups (broad SMARTS) is 1. The van der Waals surface area contributed by atoms with Crippen molar-refractivity contribution in [2.45, 2.75) is 18.3 Å². The molecule has 0 saturated heterocycles. The molecule has 0 unspecified atom stereocenters. The van der Waals surface area contributed by atoms with Crippen molar-refractivity contribution in [1.29, 1.82) is 0 Å². The molecule has 3 nitrogen and oxygen atoms in total. The van der Waals surface area contributed by atoms with Crippen molar-refractivity contribution in [2.75, 3.05) is 0 Å². The molecule has 0 aliphatic carbocycles. The Labute approximate surface area is 117 Å². The minimum atomic E-state index is -0.910. The van der Waals surface area contributed by atoms with Crippen molar-refractivity contribution in [2.24, 2.45) is 0 Å². The fourth-order valence-electron chi connectivity index (χ4n) is 2.48. The summed E-state index contributed by atoms with van der Waals surface area (Å²) in [6.07, 6.45) is 0.979. The standard InChI is InChI=1S/C17H16O3/c18-12-11-15(13-7-3-1-4-8-13)16(17(19)20)14-9-5-2-6-10-14/h1-10,12,15-16H,11H2,(H,19,20)/t15-,16-/m1/s1. The van der Waals surface area contributed by atoms with Crippen LogP contribution in [0.1, 0.15) is 29.4 Å². The number of rotatable bonds is 6. The van der Waals surface area contributed by atoms with Gasteiger partial charge in [-0.25, -0.2) is 0 Å². The van der Waals surface area contributed by atoms with Gasteiger partial charge >= 0.3 is 5.97 Å². The first kappa shape index (κ1) is 14.0. The maximum atomic E-state index is 11.7. The van der Waals surface area contributed by atoms with Gasteiger partial charge in [0.15, 0.2) is 0 Å². The van der Waals surface area contributed by atoms with Gasteiger partial charge in [-0.15, -0.1) is 0 Å². The topological polar surface area (TPSA) is 54.4 Å². The van der Waals surface area contributed by atoms with Crippen LogP contribution in [0, 0.1) is 0 Å². The Kier molecular flexibility index (Phi) is 4.66. The highest BCUT2D eigenvalue weighted by atomic mass is 16.4. The summed E-state index contributed by atoms with van der Waals surface area (Å²) < 4.78 is 0. The maximum Gasteiger partial charge on any atom is 0.311 e. The number of aldehydes is 1. The molecule has 2 rings (SSSR count). The third-order valence-corrected chi connectivity index (χ3v) is 3.40. The normalized spacial score (nSPS) is 13.4. The molecular formula is C17H16O3. The molecule has 0 saturated carbocycles. The smallest absolute Gasteiger partial charge is 0.311 e. The van der Waals surface area contributed by atoms with Crippen molar-refractivity contribution in [3.8, 4) is 0 Å². The Morgan fingerprint density at radius 1 is 0.950 bits per heavy atom. The Bertz CT molecular complexity index is 563. The number of aliphatic carboxylic acids is 1. The van der Waals surface area contributed by atoms with Crippen LogP contribution in [-0.4, -0.2) is 17.4 Å². The van der Waals surface area contributed by atoms with Crippen LogP contribution in [0.2, 0.25) is 0 Å². The van der Waals surface area contributed by atoms with Crippen LogP contribution in [0.15, 0.2) is 60.7 Å². The molecule has 1 N–H and O–H groups in total. The van der Waals surface area contributed by atoms with Crippen LogP contribution in [-0.2, 0) is 9.59 Å². The molecule has 0 spiro atoms. The highest BCUT2D eigenvalue weighted by Gasteiger charge is 2.30. The maximum absolute atomic E-state index is 11.7. The van der Waals surface area contributed by atoms with E-state index in [9.17, 15) is 14.7 Å². The lowest BCUT2D eigenvalue weighted by Crippen LogP contribution is -2.20.